The summed E-state index contributed by atoms with van der Waals surface area (Å²) in [7, 11) is 0. The number of aliphatic carboxylic acids is 1. The first kappa shape index (κ1) is 13.7. The minimum Gasteiger partial charge on any atom is -0.480 e. The molecule has 6 nitrogen and oxygen atoms in total. The summed E-state index contributed by atoms with van der Waals surface area (Å²) in [6.45, 7) is 1.79. The van der Waals surface area contributed by atoms with Gasteiger partial charge in [-0.3, -0.25) is 4.79 Å². The van der Waals surface area contributed by atoms with Crippen LogP contribution >= 0.6 is 0 Å². The fourth-order valence-corrected chi connectivity index (χ4v) is 1.51. The van der Waals surface area contributed by atoms with Crippen molar-refractivity contribution in [3.05, 3.63) is 18.2 Å². The number of unbranched alkanes of at least 4 members (excludes halogenated alkanes) is 1. The summed E-state index contributed by atoms with van der Waals surface area (Å²) < 4.78 is 0. The first-order valence-electron chi connectivity index (χ1n) is 5.86. The Labute approximate surface area is 101 Å². The van der Waals surface area contributed by atoms with Gasteiger partial charge in [0.2, 0.25) is 0 Å². The molecule has 0 aromatic carbocycles. The zero-order valence-electron chi connectivity index (χ0n) is 9.85. The molecule has 5 N–H and O–H groups in total. The molecule has 1 rings (SSSR count). The van der Waals surface area contributed by atoms with Crippen LogP contribution in [0, 0.1) is 0 Å². The quantitative estimate of drug-likeness (QED) is 0.459. The van der Waals surface area contributed by atoms with Crippen LogP contribution in [-0.2, 0) is 11.2 Å². The van der Waals surface area contributed by atoms with Gasteiger partial charge in [-0.25, -0.2) is 4.98 Å². The summed E-state index contributed by atoms with van der Waals surface area (Å²) in [5.74, 6) is -0.919. The van der Waals surface area contributed by atoms with E-state index in [-0.39, 0.29) is 0 Å². The van der Waals surface area contributed by atoms with Gasteiger partial charge < -0.3 is 21.1 Å². The van der Waals surface area contributed by atoms with E-state index in [1.807, 2.05) is 6.20 Å². The van der Waals surface area contributed by atoms with Crippen LogP contribution in [-0.4, -0.2) is 40.2 Å². The zero-order chi connectivity index (χ0) is 12.5. The summed E-state index contributed by atoms with van der Waals surface area (Å²) >= 11 is 0. The topological polar surface area (TPSA) is 104 Å². The van der Waals surface area contributed by atoms with Gasteiger partial charge >= 0.3 is 5.97 Å². The van der Waals surface area contributed by atoms with Crippen LogP contribution in [0.5, 0.6) is 0 Å². The average molecular weight is 240 g/mol. The van der Waals surface area contributed by atoms with Crippen molar-refractivity contribution in [2.75, 3.05) is 13.1 Å². The molecule has 6 heteroatoms. The summed E-state index contributed by atoms with van der Waals surface area (Å²) in [6, 6.07) is -0.722. The van der Waals surface area contributed by atoms with Crippen molar-refractivity contribution in [2.24, 2.45) is 5.73 Å². The first-order chi connectivity index (χ1) is 8.20. The predicted octanol–water partition coefficient (Wildman–Crippen LogP) is 0.124. The van der Waals surface area contributed by atoms with E-state index in [4.69, 9.17) is 10.8 Å². The number of carboxylic acids is 1. The van der Waals surface area contributed by atoms with E-state index in [1.54, 1.807) is 6.33 Å². The first-order valence-corrected chi connectivity index (χ1v) is 5.86. The number of carboxylic acid groups (broad SMARTS) is 1. The highest BCUT2D eigenvalue weighted by atomic mass is 16.4. The summed E-state index contributed by atoms with van der Waals surface area (Å²) in [6.07, 6.45) is 6.73. The molecule has 0 aliphatic rings. The van der Waals surface area contributed by atoms with Crippen molar-refractivity contribution in [1.82, 2.24) is 15.3 Å². The van der Waals surface area contributed by atoms with E-state index < -0.39 is 12.0 Å². The maximum absolute atomic E-state index is 10.4. The molecule has 1 atom stereocenters. The van der Waals surface area contributed by atoms with Gasteiger partial charge in [0.05, 0.1) is 6.33 Å². The molecule has 0 saturated heterocycles. The number of hydrogen-bond donors (Lipinski definition) is 4. The summed E-state index contributed by atoms with van der Waals surface area (Å²) in [5.41, 5.74) is 6.51. The average Bonchev–Trinajstić information content (AvgIpc) is 2.80. The Hall–Kier alpha value is -1.40. The lowest BCUT2D eigenvalue weighted by Gasteiger charge is -2.06. The Morgan fingerprint density at radius 3 is 3.00 bits per heavy atom. The lowest BCUT2D eigenvalue weighted by atomic mass is 10.1. The number of aromatic nitrogens is 2. The van der Waals surface area contributed by atoms with Crippen molar-refractivity contribution in [1.29, 1.82) is 0 Å². The van der Waals surface area contributed by atoms with Crippen molar-refractivity contribution < 1.29 is 9.90 Å². The number of nitrogens with zero attached hydrogens (tertiary/aromatic N) is 1. The number of hydrogen-bond acceptors (Lipinski definition) is 4. The number of nitrogens with two attached hydrogens (primary N) is 1. The highest BCUT2D eigenvalue weighted by Crippen LogP contribution is 1.98. The summed E-state index contributed by atoms with van der Waals surface area (Å²) in [5, 5.41) is 11.9. The van der Waals surface area contributed by atoms with Gasteiger partial charge in [-0.1, -0.05) is 6.42 Å². The number of nitrogens with one attached hydrogen (secondary N) is 2. The minimum atomic E-state index is -0.919. The Bertz CT molecular complexity index is 313. The highest BCUT2D eigenvalue weighted by molar-refractivity contribution is 5.72. The zero-order valence-corrected chi connectivity index (χ0v) is 9.85. The van der Waals surface area contributed by atoms with Crippen LogP contribution < -0.4 is 11.1 Å². The Kier molecular flexibility index (Phi) is 6.27. The smallest absolute Gasteiger partial charge is 0.320 e. The molecule has 0 saturated carbocycles. The monoisotopic (exact) mass is 240 g/mol. The third-order valence-corrected chi connectivity index (χ3v) is 2.56. The fourth-order valence-electron chi connectivity index (χ4n) is 1.51. The van der Waals surface area contributed by atoms with E-state index in [9.17, 15) is 4.79 Å². The fraction of sp³-hybridized carbons (Fsp3) is 0.636. The van der Waals surface area contributed by atoms with Gasteiger partial charge in [0.25, 0.3) is 0 Å². The van der Waals surface area contributed by atoms with Crippen molar-refractivity contribution >= 4 is 5.97 Å². The molecule has 0 unspecified atom stereocenters. The van der Waals surface area contributed by atoms with Crippen molar-refractivity contribution in [3.8, 4) is 0 Å². The number of imidazole rings is 1. The van der Waals surface area contributed by atoms with Gasteiger partial charge in [0.15, 0.2) is 0 Å². The molecule has 0 amide bonds. The Morgan fingerprint density at radius 2 is 2.35 bits per heavy atom. The molecular formula is C11H20N4O2. The molecule has 0 aliphatic carbocycles. The predicted molar refractivity (Wildman–Crippen MR) is 64.6 cm³/mol. The molecule has 0 spiro atoms. The largest absolute Gasteiger partial charge is 0.480 e. The van der Waals surface area contributed by atoms with E-state index in [0.29, 0.717) is 6.42 Å². The molecule has 0 bridgehead atoms. The molecule has 0 radical (unpaired) electrons. The number of carbonyl (C=O) groups is 1. The lowest BCUT2D eigenvalue weighted by molar-refractivity contribution is -0.138. The van der Waals surface area contributed by atoms with Gasteiger partial charge in [0, 0.05) is 24.9 Å². The molecular weight excluding hydrogens is 220 g/mol. The van der Waals surface area contributed by atoms with Gasteiger partial charge in [-0.15, -0.1) is 0 Å². The second kappa shape index (κ2) is 7.81. The van der Waals surface area contributed by atoms with E-state index in [1.165, 1.54) is 0 Å². The normalized spacial score (nSPS) is 12.5. The Morgan fingerprint density at radius 1 is 1.53 bits per heavy atom. The van der Waals surface area contributed by atoms with Gasteiger partial charge in [0.1, 0.15) is 6.04 Å². The lowest BCUT2D eigenvalue weighted by Crippen LogP contribution is -2.30. The van der Waals surface area contributed by atoms with Crippen molar-refractivity contribution in [3.63, 3.8) is 0 Å². The maximum Gasteiger partial charge on any atom is 0.320 e. The van der Waals surface area contributed by atoms with Gasteiger partial charge in [-0.2, -0.15) is 0 Å². The van der Waals surface area contributed by atoms with E-state index in [0.717, 1.165) is 38.0 Å². The number of aromatic amines is 1. The van der Waals surface area contributed by atoms with Crippen molar-refractivity contribution in [2.45, 2.75) is 31.7 Å². The van der Waals surface area contributed by atoms with E-state index >= 15 is 0 Å². The standard InChI is InChI=1S/C11H20N4O2/c12-10(11(16)17)3-1-2-5-13-6-4-9-7-14-8-15-9/h7-8,10,13H,1-6,12H2,(H,14,15)(H,16,17)/t10-/m0/s1. The molecule has 1 aromatic heterocycles. The number of rotatable bonds is 9. The molecule has 1 aromatic rings. The molecule has 0 fully saturated rings. The second-order valence-corrected chi connectivity index (χ2v) is 4.02. The van der Waals surface area contributed by atoms with Crippen LogP contribution in [0.2, 0.25) is 0 Å². The summed E-state index contributed by atoms with van der Waals surface area (Å²) in [4.78, 5) is 17.4. The molecule has 0 aliphatic heterocycles. The van der Waals surface area contributed by atoms with E-state index in [2.05, 4.69) is 15.3 Å². The molecule has 1 heterocycles. The SMILES string of the molecule is N[C@@H](CCCCNCCc1cnc[nH]1)C(=O)O. The highest BCUT2D eigenvalue weighted by Gasteiger charge is 2.09. The van der Waals surface area contributed by atoms with Crippen LogP contribution in [0.1, 0.15) is 25.0 Å². The third kappa shape index (κ3) is 6.03. The third-order valence-electron chi connectivity index (χ3n) is 2.56. The van der Waals surface area contributed by atoms with Crippen LogP contribution in [0.15, 0.2) is 12.5 Å². The Balaban J connectivity index is 1.89. The van der Waals surface area contributed by atoms with Gasteiger partial charge in [-0.05, 0) is 19.4 Å². The minimum absolute atomic E-state index is 0.539. The van der Waals surface area contributed by atoms with Crippen LogP contribution in [0.25, 0.3) is 0 Å². The maximum atomic E-state index is 10.4. The van der Waals surface area contributed by atoms with Crippen LogP contribution in [0.3, 0.4) is 0 Å². The molecule has 17 heavy (non-hydrogen) atoms. The number of H-pyrrole nitrogens is 1. The molecule has 96 valence electrons. The van der Waals surface area contributed by atoms with Crippen LogP contribution in [0.4, 0.5) is 0 Å². The second-order valence-electron chi connectivity index (χ2n) is 4.02.